The summed E-state index contributed by atoms with van der Waals surface area (Å²) >= 11 is 7.04. The number of carbonyl (C=O) groups is 1. The van der Waals surface area contributed by atoms with Crippen molar-refractivity contribution in [2.24, 2.45) is 0 Å². The molecule has 1 aromatic heterocycles. The highest BCUT2D eigenvalue weighted by atomic mass is 35.5. The maximum absolute atomic E-state index is 10.6. The van der Waals surface area contributed by atoms with E-state index < -0.39 is 0 Å². The van der Waals surface area contributed by atoms with Crippen LogP contribution in [0.3, 0.4) is 0 Å². The second-order valence-corrected chi connectivity index (χ2v) is 4.01. The van der Waals surface area contributed by atoms with Crippen molar-refractivity contribution in [2.45, 2.75) is 13.3 Å². The maximum Gasteiger partial charge on any atom is 0.185 e. The van der Waals surface area contributed by atoms with Gasteiger partial charge in [0, 0.05) is 31.5 Å². The van der Waals surface area contributed by atoms with Gasteiger partial charge in [0.05, 0.1) is 5.69 Å². The van der Waals surface area contributed by atoms with Gasteiger partial charge in [0.2, 0.25) is 0 Å². The first-order valence-corrected chi connectivity index (χ1v) is 5.15. The number of rotatable bonds is 3. The van der Waals surface area contributed by atoms with Crippen molar-refractivity contribution in [1.82, 2.24) is 9.97 Å². The van der Waals surface area contributed by atoms with Crippen molar-refractivity contribution in [3.63, 3.8) is 0 Å². The van der Waals surface area contributed by atoms with Gasteiger partial charge in [0.15, 0.2) is 10.3 Å². The molecular weight excluding hydrogens is 208 g/mol. The summed E-state index contributed by atoms with van der Waals surface area (Å²) in [6, 6.07) is 0. The highest BCUT2D eigenvalue weighted by Crippen LogP contribution is 2.12. The summed E-state index contributed by atoms with van der Waals surface area (Å²) in [6.07, 6.45) is 3.82. The lowest BCUT2D eigenvalue weighted by Gasteiger charge is -1.99. The van der Waals surface area contributed by atoms with Crippen molar-refractivity contribution in [2.75, 3.05) is 5.75 Å². The molecule has 1 aromatic rings. The van der Waals surface area contributed by atoms with Gasteiger partial charge in [0.1, 0.15) is 0 Å². The van der Waals surface area contributed by atoms with Gasteiger partial charge in [-0.1, -0.05) is 23.4 Å². The fourth-order valence-electron chi connectivity index (χ4n) is 0.809. The third-order valence-corrected chi connectivity index (χ3v) is 2.50. The summed E-state index contributed by atoms with van der Waals surface area (Å²) in [6.45, 7) is 1.54. The SMILES string of the molecule is CC(=O)SCCc1nccnc1Cl. The Kier molecular flexibility index (Phi) is 4.18. The molecule has 13 heavy (non-hydrogen) atoms. The first kappa shape index (κ1) is 10.5. The summed E-state index contributed by atoms with van der Waals surface area (Å²) in [4.78, 5) is 18.6. The minimum absolute atomic E-state index is 0.111. The normalized spacial score (nSPS) is 10.0. The molecule has 0 fully saturated rings. The standard InChI is InChI=1S/C8H9ClN2OS/c1-6(12)13-5-2-7-8(9)11-4-3-10-7/h3-4H,2,5H2,1H3. The topological polar surface area (TPSA) is 42.9 Å². The van der Waals surface area contributed by atoms with E-state index in [0.29, 0.717) is 17.3 Å². The molecule has 0 unspecified atom stereocenters. The van der Waals surface area contributed by atoms with Crippen LogP contribution in [-0.4, -0.2) is 20.8 Å². The Bertz CT molecular complexity index is 306. The smallest absolute Gasteiger partial charge is 0.185 e. The first-order chi connectivity index (χ1) is 6.20. The largest absolute Gasteiger partial charge is 0.288 e. The van der Waals surface area contributed by atoms with Crippen LogP contribution in [0.25, 0.3) is 0 Å². The van der Waals surface area contributed by atoms with Crippen molar-refractivity contribution in [3.05, 3.63) is 23.2 Å². The zero-order valence-corrected chi connectivity index (χ0v) is 8.73. The van der Waals surface area contributed by atoms with E-state index in [1.807, 2.05) is 0 Å². The molecule has 0 spiro atoms. The van der Waals surface area contributed by atoms with Crippen molar-refractivity contribution in [1.29, 1.82) is 0 Å². The summed E-state index contributed by atoms with van der Waals surface area (Å²) < 4.78 is 0. The first-order valence-electron chi connectivity index (χ1n) is 3.79. The van der Waals surface area contributed by atoms with Crippen LogP contribution in [0, 0.1) is 0 Å². The molecule has 0 saturated carbocycles. The minimum atomic E-state index is 0.111. The number of aromatic nitrogens is 2. The van der Waals surface area contributed by atoms with Crippen molar-refractivity contribution >= 4 is 28.5 Å². The lowest BCUT2D eigenvalue weighted by molar-refractivity contribution is -0.109. The van der Waals surface area contributed by atoms with E-state index in [-0.39, 0.29) is 5.12 Å². The van der Waals surface area contributed by atoms with Crippen LogP contribution < -0.4 is 0 Å². The van der Waals surface area contributed by atoms with Crippen molar-refractivity contribution in [3.8, 4) is 0 Å². The van der Waals surface area contributed by atoms with Gasteiger partial charge in [-0.2, -0.15) is 0 Å². The van der Waals surface area contributed by atoms with Crippen LogP contribution in [0.4, 0.5) is 0 Å². The van der Waals surface area contributed by atoms with Gasteiger partial charge in [0.25, 0.3) is 0 Å². The predicted molar refractivity (Wildman–Crippen MR) is 53.9 cm³/mol. The monoisotopic (exact) mass is 216 g/mol. The summed E-state index contributed by atoms with van der Waals surface area (Å²) in [5.41, 5.74) is 0.748. The Balaban J connectivity index is 2.45. The van der Waals surface area contributed by atoms with Crippen LogP contribution in [0.1, 0.15) is 12.6 Å². The molecule has 0 radical (unpaired) electrons. The van der Waals surface area contributed by atoms with Crippen molar-refractivity contribution < 1.29 is 4.79 Å². The van der Waals surface area contributed by atoms with E-state index >= 15 is 0 Å². The molecule has 0 N–H and O–H groups in total. The number of thioether (sulfide) groups is 1. The molecule has 0 saturated heterocycles. The number of aryl methyl sites for hydroxylation is 1. The molecule has 0 amide bonds. The van der Waals surface area contributed by atoms with E-state index in [1.54, 1.807) is 19.3 Å². The number of halogens is 1. The second-order valence-electron chi connectivity index (χ2n) is 2.38. The van der Waals surface area contributed by atoms with Crippen LogP contribution in [0.5, 0.6) is 0 Å². The fourth-order valence-corrected chi connectivity index (χ4v) is 1.59. The van der Waals surface area contributed by atoms with Gasteiger partial charge in [-0.25, -0.2) is 4.98 Å². The summed E-state index contributed by atoms with van der Waals surface area (Å²) in [5, 5.41) is 0.534. The van der Waals surface area contributed by atoms with E-state index in [4.69, 9.17) is 11.6 Å². The van der Waals surface area contributed by atoms with E-state index in [9.17, 15) is 4.79 Å². The Morgan fingerprint density at radius 3 is 2.85 bits per heavy atom. The quantitative estimate of drug-likeness (QED) is 0.775. The Morgan fingerprint density at radius 1 is 1.54 bits per heavy atom. The van der Waals surface area contributed by atoms with Crippen LogP contribution >= 0.6 is 23.4 Å². The van der Waals surface area contributed by atoms with Gasteiger partial charge in [-0.05, 0) is 0 Å². The lowest BCUT2D eigenvalue weighted by atomic mass is 10.3. The average molecular weight is 217 g/mol. The molecule has 70 valence electrons. The van der Waals surface area contributed by atoms with Crippen LogP contribution in [-0.2, 0) is 11.2 Å². The van der Waals surface area contributed by atoms with E-state index in [1.165, 1.54) is 11.8 Å². The molecule has 0 aliphatic rings. The van der Waals surface area contributed by atoms with Gasteiger partial charge >= 0.3 is 0 Å². The third kappa shape index (κ3) is 3.74. The minimum Gasteiger partial charge on any atom is -0.288 e. The molecule has 0 aliphatic carbocycles. The third-order valence-electron chi connectivity index (χ3n) is 1.37. The molecule has 0 aromatic carbocycles. The van der Waals surface area contributed by atoms with Crippen LogP contribution in [0.15, 0.2) is 12.4 Å². The number of nitrogens with zero attached hydrogens (tertiary/aromatic N) is 2. The van der Waals surface area contributed by atoms with Gasteiger partial charge in [-0.3, -0.25) is 9.78 Å². The molecule has 3 nitrogen and oxygen atoms in total. The molecule has 0 atom stereocenters. The number of hydrogen-bond donors (Lipinski definition) is 0. The maximum atomic E-state index is 10.6. The van der Waals surface area contributed by atoms with E-state index in [2.05, 4.69) is 9.97 Å². The molecule has 0 aliphatic heterocycles. The lowest BCUT2D eigenvalue weighted by Crippen LogP contribution is -1.96. The number of carbonyl (C=O) groups excluding carboxylic acids is 1. The molecule has 1 heterocycles. The Morgan fingerprint density at radius 2 is 2.23 bits per heavy atom. The molecular formula is C8H9ClN2OS. The second kappa shape index (κ2) is 5.19. The van der Waals surface area contributed by atoms with Gasteiger partial charge in [-0.15, -0.1) is 0 Å². The highest BCUT2D eigenvalue weighted by molar-refractivity contribution is 8.13. The zero-order valence-electron chi connectivity index (χ0n) is 7.16. The zero-order chi connectivity index (χ0) is 9.68. The Labute approximate surface area is 85.9 Å². The molecule has 5 heteroatoms. The summed E-state index contributed by atoms with van der Waals surface area (Å²) in [7, 11) is 0. The van der Waals surface area contributed by atoms with Crippen LogP contribution in [0.2, 0.25) is 5.15 Å². The Hall–Kier alpha value is -0.610. The molecule has 0 bridgehead atoms. The summed E-state index contributed by atoms with van der Waals surface area (Å²) in [5.74, 6) is 0.702. The fraction of sp³-hybridized carbons (Fsp3) is 0.375. The van der Waals surface area contributed by atoms with Gasteiger partial charge < -0.3 is 0 Å². The number of hydrogen-bond acceptors (Lipinski definition) is 4. The predicted octanol–water partition coefficient (Wildman–Crippen LogP) is 1.95. The average Bonchev–Trinajstić information content (AvgIpc) is 2.08. The van der Waals surface area contributed by atoms with E-state index in [0.717, 1.165) is 5.69 Å². The highest BCUT2D eigenvalue weighted by Gasteiger charge is 2.02. The molecule has 1 rings (SSSR count).